The molecular weight excluding hydrogens is 254 g/mol. The van der Waals surface area contributed by atoms with Crippen molar-refractivity contribution in [3.63, 3.8) is 0 Å². The molecule has 0 heterocycles. The number of hydrogen-bond donors (Lipinski definition) is 1. The highest BCUT2D eigenvalue weighted by Gasteiger charge is 2.15. The van der Waals surface area contributed by atoms with E-state index in [0.29, 0.717) is 11.5 Å². The van der Waals surface area contributed by atoms with E-state index >= 15 is 0 Å². The van der Waals surface area contributed by atoms with Crippen molar-refractivity contribution in [2.24, 2.45) is 0 Å². The van der Waals surface area contributed by atoms with E-state index in [2.05, 4.69) is 5.32 Å². The lowest BCUT2D eigenvalue weighted by Crippen LogP contribution is -2.41. The van der Waals surface area contributed by atoms with Crippen molar-refractivity contribution >= 4 is 12.0 Å². The zero-order valence-corrected chi connectivity index (χ0v) is 12.8. The first-order valence-electron chi connectivity index (χ1n) is 6.64. The van der Waals surface area contributed by atoms with Crippen molar-refractivity contribution in [3.05, 3.63) is 29.8 Å². The van der Waals surface area contributed by atoms with Crippen molar-refractivity contribution in [2.75, 3.05) is 14.2 Å². The molecule has 0 spiro atoms. The molecule has 0 saturated carbocycles. The fourth-order valence-corrected chi connectivity index (χ4v) is 1.59. The second kappa shape index (κ2) is 6.98. The molecule has 4 nitrogen and oxygen atoms in total. The van der Waals surface area contributed by atoms with Crippen LogP contribution < -0.4 is 14.8 Å². The lowest BCUT2D eigenvalue weighted by Gasteiger charge is -2.23. The van der Waals surface area contributed by atoms with Crippen LogP contribution in [-0.2, 0) is 4.79 Å². The topological polar surface area (TPSA) is 47.6 Å². The van der Waals surface area contributed by atoms with Gasteiger partial charge in [0.2, 0.25) is 5.91 Å². The standard InChI is InChI=1S/C16H23NO3/c1-6-16(2,3)17-15(18)10-8-12-7-9-13(19-4)14(11-12)20-5/h7-11H,6H2,1-5H3,(H,17,18)/b10-8+. The maximum Gasteiger partial charge on any atom is 0.244 e. The van der Waals surface area contributed by atoms with E-state index in [9.17, 15) is 4.79 Å². The molecule has 20 heavy (non-hydrogen) atoms. The Balaban J connectivity index is 2.78. The molecule has 0 bridgehead atoms. The predicted octanol–water partition coefficient (Wildman–Crippen LogP) is 3.02. The van der Waals surface area contributed by atoms with E-state index in [1.165, 1.54) is 6.08 Å². The van der Waals surface area contributed by atoms with Crippen LogP contribution in [0.2, 0.25) is 0 Å². The Morgan fingerprint density at radius 1 is 1.25 bits per heavy atom. The van der Waals surface area contributed by atoms with Gasteiger partial charge < -0.3 is 14.8 Å². The molecule has 4 heteroatoms. The number of nitrogens with one attached hydrogen (secondary N) is 1. The van der Waals surface area contributed by atoms with E-state index in [4.69, 9.17) is 9.47 Å². The number of methoxy groups -OCH3 is 2. The summed E-state index contributed by atoms with van der Waals surface area (Å²) in [4.78, 5) is 11.8. The number of ether oxygens (including phenoxy) is 2. The van der Waals surface area contributed by atoms with Crippen molar-refractivity contribution in [1.29, 1.82) is 0 Å². The first-order valence-corrected chi connectivity index (χ1v) is 6.64. The quantitative estimate of drug-likeness (QED) is 0.813. The minimum Gasteiger partial charge on any atom is -0.493 e. The second-order valence-electron chi connectivity index (χ2n) is 5.17. The van der Waals surface area contributed by atoms with Crippen molar-refractivity contribution < 1.29 is 14.3 Å². The van der Waals surface area contributed by atoms with Gasteiger partial charge in [-0.25, -0.2) is 0 Å². The normalized spacial score (nSPS) is 11.4. The summed E-state index contributed by atoms with van der Waals surface area (Å²) in [7, 11) is 3.18. The van der Waals surface area contributed by atoms with Crippen LogP contribution in [0.15, 0.2) is 24.3 Å². The highest BCUT2D eigenvalue weighted by Crippen LogP contribution is 2.27. The largest absolute Gasteiger partial charge is 0.493 e. The Morgan fingerprint density at radius 3 is 2.45 bits per heavy atom. The Kier molecular flexibility index (Phi) is 5.62. The molecule has 1 amide bonds. The van der Waals surface area contributed by atoms with Crippen LogP contribution in [0.1, 0.15) is 32.8 Å². The van der Waals surface area contributed by atoms with Gasteiger partial charge in [-0.05, 0) is 44.0 Å². The number of carbonyl (C=O) groups excluding carboxylic acids is 1. The van der Waals surface area contributed by atoms with Crippen LogP contribution in [0.4, 0.5) is 0 Å². The zero-order valence-electron chi connectivity index (χ0n) is 12.8. The first kappa shape index (κ1) is 16.1. The molecule has 0 aliphatic heterocycles. The van der Waals surface area contributed by atoms with Gasteiger partial charge in [0.05, 0.1) is 14.2 Å². The molecule has 0 radical (unpaired) electrons. The summed E-state index contributed by atoms with van der Waals surface area (Å²) in [6.45, 7) is 6.03. The van der Waals surface area contributed by atoms with Gasteiger partial charge in [0, 0.05) is 11.6 Å². The SMILES string of the molecule is CCC(C)(C)NC(=O)/C=C/c1ccc(OC)c(OC)c1. The minimum absolute atomic E-state index is 0.105. The summed E-state index contributed by atoms with van der Waals surface area (Å²) in [5.74, 6) is 1.21. The molecule has 0 fully saturated rings. The van der Waals surface area contributed by atoms with Crippen molar-refractivity contribution in [2.45, 2.75) is 32.7 Å². The first-order chi connectivity index (χ1) is 9.41. The molecule has 1 aromatic carbocycles. The third-order valence-electron chi connectivity index (χ3n) is 3.18. The van der Waals surface area contributed by atoms with Crippen molar-refractivity contribution in [3.8, 4) is 11.5 Å². The van der Waals surface area contributed by atoms with E-state index in [-0.39, 0.29) is 11.4 Å². The van der Waals surface area contributed by atoms with Crippen LogP contribution in [0.3, 0.4) is 0 Å². The average molecular weight is 277 g/mol. The summed E-state index contributed by atoms with van der Waals surface area (Å²) < 4.78 is 10.4. The molecule has 0 aliphatic rings. The highest BCUT2D eigenvalue weighted by molar-refractivity contribution is 5.92. The molecule has 0 saturated heterocycles. The number of hydrogen-bond acceptors (Lipinski definition) is 3. The third kappa shape index (κ3) is 4.61. The summed E-state index contributed by atoms with van der Waals surface area (Å²) >= 11 is 0. The van der Waals surface area contributed by atoms with Gasteiger partial charge in [0.15, 0.2) is 11.5 Å². The van der Waals surface area contributed by atoms with Gasteiger partial charge in [0.1, 0.15) is 0 Å². The lowest BCUT2D eigenvalue weighted by atomic mass is 10.0. The maximum absolute atomic E-state index is 11.8. The fourth-order valence-electron chi connectivity index (χ4n) is 1.59. The van der Waals surface area contributed by atoms with Gasteiger partial charge in [0.25, 0.3) is 0 Å². The number of rotatable bonds is 6. The van der Waals surface area contributed by atoms with Gasteiger partial charge in [-0.1, -0.05) is 13.0 Å². The smallest absolute Gasteiger partial charge is 0.244 e. The van der Waals surface area contributed by atoms with Crippen LogP contribution in [0, 0.1) is 0 Å². The zero-order chi connectivity index (χ0) is 15.2. The van der Waals surface area contributed by atoms with Gasteiger partial charge in [-0.2, -0.15) is 0 Å². The molecule has 1 N–H and O–H groups in total. The van der Waals surface area contributed by atoms with E-state index in [1.54, 1.807) is 20.3 Å². The molecule has 0 aromatic heterocycles. The Bertz CT molecular complexity index is 492. The minimum atomic E-state index is -0.195. The number of amides is 1. The van der Waals surface area contributed by atoms with E-state index in [0.717, 1.165) is 12.0 Å². The van der Waals surface area contributed by atoms with E-state index < -0.39 is 0 Å². The van der Waals surface area contributed by atoms with Crippen LogP contribution in [-0.4, -0.2) is 25.7 Å². The average Bonchev–Trinajstić information content (AvgIpc) is 2.44. The third-order valence-corrected chi connectivity index (χ3v) is 3.18. The molecule has 1 aromatic rings. The predicted molar refractivity (Wildman–Crippen MR) is 81.1 cm³/mol. The van der Waals surface area contributed by atoms with E-state index in [1.807, 2.05) is 39.0 Å². The van der Waals surface area contributed by atoms with Crippen LogP contribution in [0.25, 0.3) is 6.08 Å². The van der Waals surface area contributed by atoms with Crippen LogP contribution >= 0.6 is 0 Å². The molecule has 110 valence electrons. The molecule has 0 atom stereocenters. The van der Waals surface area contributed by atoms with Gasteiger partial charge in [-0.3, -0.25) is 4.79 Å². The Labute approximate surface area is 120 Å². The lowest BCUT2D eigenvalue weighted by molar-refractivity contribution is -0.117. The Hall–Kier alpha value is -1.97. The monoisotopic (exact) mass is 277 g/mol. The maximum atomic E-state index is 11.8. The summed E-state index contributed by atoms with van der Waals surface area (Å²) in [6, 6.07) is 5.51. The fraction of sp³-hybridized carbons (Fsp3) is 0.438. The highest BCUT2D eigenvalue weighted by atomic mass is 16.5. The summed E-state index contributed by atoms with van der Waals surface area (Å²) in [6.07, 6.45) is 4.16. The van der Waals surface area contributed by atoms with Gasteiger partial charge >= 0.3 is 0 Å². The summed E-state index contributed by atoms with van der Waals surface area (Å²) in [5, 5.41) is 2.95. The molecule has 0 unspecified atom stereocenters. The Morgan fingerprint density at radius 2 is 1.90 bits per heavy atom. The molecular formula is C16H23NO3. The second-order valence-corrected chi connectivity index (χ2v) is 5.17. The van der Waals surface area contributed by atoms with Crippen molar-refractivity contribution in [1.82, 2.24) is 5.32 Å². The number of benzene rings is 1. The molecule has 0 aliphatic carbocycles. The summed E-state index contributed by atoms with van der Waals surface area (Å²) in [5.41, 5.74) is 0.686. The number of carbonyl (C=O) groups is 1. The van der Waals surface area contributed by atoms with Gasteiger partial charge in [-0.15, -0.1) is 0 Å². The van der Waals surface area contributed by atoms with Crippen LogP contribution in [0.5, 0.6) is 11.5 Å². The molecule has 1 rings (SSSR count).